The maximum absolute atomic E-state index is 3.66. The molecule has 0 bridgehead atoms. The molecule has 2 unspecified atom stereocenters. The Hall–Kier alpha value is -0.340. The average Bonchev–Trinajstić information content (AvgIpc) is 2.38. The molecule has 17 heavy (non-hydrogen) atoms. The summed E-state index contributed by atoms with van der Waals surface area (Å²) in [5, 5.41) is 3.66. The molecule has 1 heterocycles. The van der Waals surface area contributed by atoms with Crippen LogP contribution in [0.5, 0.6) is 0 Å². The van der Waals surface area contributed by atoms with E-state index in [2.05, 4.69) is 52.4 Å². The highest BCUT2D eigenvalue weighted by Crippen LogP contribution is 2.23. The summed E-state index contributed by atoms with van der Waals surface area (Å²) in [6.45, 7) is 3.53. The molecule has 0 aliphatic carbocycles. The summed E-state index contributed by atoms with van der Waals surface area (Å²) in [5.74, 6) is 0.945. The number of aryl methyl sites for hydroxylation is 1. The Morgan fingerprint density at radius 3 is 2.94 bits per heavy atom. The van der Waals surface area contributed by atoms with Gasteiger partial charge < -0.3 is 5.32 Å². The summed E-state index contributed by atoms with van der Waals surface area (Å²) in [5.41, 5.74) is 1.44. The van der Waals surface area contributed by atoms with Gasteiger partial charge in [0.15, 0.2) is 0 Å². The Bertz CT molecular complexity index is 351. The summed E-state index contributed by atoms with van der Waals surface area (Å²) in [6, 6.07) is 9.30. The first-order chi connectivity index (χ1) is 8.29. The fourth-order valence-corrected chi connectivity index (χ4v) is 3.20. The highest BCUT2D eigenvalue weighted by Gasteiger charge is 2.19. The Balaban J connectivity index is 1.84. The number of halogens is 1. The van der Waals surface area contributed by atoms with Crippen molar-refractivity contribution < 1.29 is 0 Å². The largest absolute Gasteiger partial charge is 0.314 e. The van der Waals surface area contributed by atoms with Crippen LogP contribution in [-0.4, -0.2) is 12.6 Å². The molecule has 2 rings (SSSR count). The van der Waals surface area contributed by atoms with Crippen LogP contribution >= 0.6 is 15.9 Å². The Morgan fingerprint density at radius 2 is 2.18 bits per heavy atom. The molecule has 1 fully saturated rings. The number of nitrogens with one attached hydrogen (secondary N) is 1. The highest BCUT2D eigenvalue weighted by molar-refractivity contribution is 9.10. The van der Waals surface area contributed by atoms with Crippen molar-refractivity contribution in [2.45, 2.75) is 45.1 Å². The van der Waals surface area contributed by atoms with Crippen molar-refractivity contribution in [2.75, 3.05) is 6.54 Å². The van der Waals surface area contributed by atoms with Crippen LogP contribution in [0.2, 0.25) is 0 Å². The fraction of sp³-hybridized carbons (Fsp3) is 0.600. The lowest BCUT2D eigenvalue weighted by atomic mass is 9.88. The maximum atomic E-state index is 3.66. The molecule has 0 spiro atoms. The molecule has 0 aromatic heterocycles. The van der Waals surface area contributed by atoms with Gasteiger partial charge in [-0.1, -0.05) is 47.5 Å². The van der Waals surface area contributed by atoms with Gasteiger partial charge in [-0.05, 0) is 49.8 Å². The van der Waals surface area contributed by atoms with E-state index in [0.717, 1.165) is 12.0 Å². The molecule has 0 saturated carbocycles. The lowest BCUT2D eigenvalue weighted by molar-refractivity contribution is 0.285. The third-order valence-electron chi connectivity index (χ3n) is 3.90. The van der Waals surface area contributed by atoms with Crippen LogP contribution in [-0.2, 0) is 6.42 Å². The summed E-state index contributed by atoms with van der Waals surface area (Å²) in [6.07, 6.45) is 6.50. The predicted molar refractivity (Wildman–Crippen MR) is 77.3 cm³/mol. The molecular formula is C15H22BrN. The Labute approximate surface area is 113 Å². The molecular weight excluding hydrogens is 274 g/mol. The van der Waals surface area contributed by atoms with Crippen molar-refractivity contribution in [3.05, 3.63) is 34.3 Å². The number of hydrogen-bond acceptors (Lipinski definition) is 1. The van der Waals surface area contributed by atoms with Gasteiger partial charge in [0.25, 0.3) is 0 Å². The minimum atomic E-state index is 0.723. The molecule has 1 aromatic carbocycles. The van der Waals surface area contributed by atoms with E-state index in [1.54, 1.807) is 0 Å². The van der Waals surface area contributed by atoms with Gasteiger partial charge in [-0.25, -0.2) is 0 Å². The standard InChI is InChI=1S/C15H22BrN/c1-2-12-9-10-17-14(11-12)8-7-13-5-3-4-6-15(13)16/h3-6,12,14,17H,2,7-11H2,1H3. The fourth-order valence-electron chi connectivity index (χ4n) is 2.72. The molecule has 0 radical (unpaired) electrons. The van der Waals surface area contributed by atoms with Crippen LogP contribution in [0.1, 0.15) is 38.2 Å². The summed E-state index contributed by atoms with van der Waals surface area (Å²) in [7, 11) is 0. The topological polar surface area (TPSA) is 12.0 Å². The van der Waals surface area contributed by atoms with Crippen LogP contribution in [0.25, 0.3) is 0 Å². The van der Waals surface area contributed by atoms with E-state index < -0.39 is 0 Å². The maximum Gasteiger partial charge on any atom is 0.0207 e. The van der Waals surface area contributed by atoms with Crippen molar-refractivity contribution in [3.63, 3.8) is 0 Å². The third-order valence-corrected chi connectivity index (χ3v) is 4.67. The molecule has 1 aliphatic heterocycles. The zero-order valence-corrected chi connectivity index (χ0v) is 12.2. The van der Waals surface area contributed by atoms with Crippen molar-refractivity contribution in [3.8, 4) is 0 Å². The molecule has 2 atom stereocenters. The minimum absolute atomic E-state index is 0.723. The van der Waals surface area contributed by atoms with E-state index in [1.165, 1.54) is 48.7 Å². The first-order valence-corrected chi connectivity index (χ1v) is 7.55. The van der Waals surface area contributed by atoms with Gasteiger partial charge in [0, 0.05) is 10.5 Å². The van der Waals surface area contributed by atoms with Crippen molar-refractivity contribution >= 4 is 15.9 Å². The number of hydrogen-bond donors (Lipinski definition) is 1. The van der Waals surface area contributed by atoms with E-state index in [1.807, 2.05) is 0 Å². The van der Waals surface area contributed by atoms with Crippen LogP contribution in [0.4, 0.5) is 0 Å². The first-order valence-electron chi connectivity index (χ1n) is 6.76. The second kappa shape index (κ2) is 6.55. The Kier molecular flexibility index (Phi) is 5.05. The second-order valence-corrected chi connectivity index (χ2v) is 5.93. The van der Waals surface area contributed by atoms with Crippen LogP contribution in [0.15, 0.2) is 28.7 Å². The Morgan fingerprint density at radius 1 is 1.35 bits per heavy atom. The van der Waals surface area contributed by atoms with E-state index in [0.29, 0.717) is 0 Å². The molecule has 1 N–H and O–H groups in total. The van der Waals surface area contributed by atoms with Gasteiger partial charge in [-0.2, -0.15) is 0 Å². The predicted octanol–water partition coefficient (Wildman–Crippen LogP) is 4.16. The number of piperidine rings is 1. The van der Waals surface area contributed by atoms with Crippen molar-refractivity contribution in [1.82, 2.24) is 5.32 Å². The quantitative estimate of drug-likeness (QED) is 0.879. The third kappa shape index (κ3) is 3.82. The average molecular weight is 296 g/mol. The normalized spacial score (nSPS) is 24.8. The summed E-state index contributed by atoms with van der Waals surface area (Å²) < 4.78 is 1.25. The second-order valence-electron chi connectivity index (χ2n) is 5.08. The van der Waals surface area contributed by atoms with E-state index in [-0.39, 0.29) is 0 Å². The molecule has 1 saturated heterocycles. The zero-order valence-electron chi connectivity index (χ0n) is 10.6. The van der Waals surface area contributed by atoms with E-state index in [9.17, 15) is 0 Å². The SMILES string of the molecule is CCC1CCNC(CCc2ccccc2Br)C1. The molecule has 2 heteroatoms. The van der Waals surface area contributed by atoms with Crippen LogP contribution in [0.3, 0.4) is 0 Å². The van der Waals surface area contributed by atoms with Gasteiger partial charge >= 0.3 is 0 Å². The van der Waals surface area contributed by atoms with Crippen molar-refractivity contribution in [1.29, 1.82) is 0 Å². The molecule has 0 amide bonds. The van der Waals surface area contributed by atoms with E-state index >= 15 is 0 Å². The van der Waals surface area contributed by atoms with Gasteiger partial charge in [0.2, 0.25) is 0 Å². The molecule has 94 valence electrons. The van der Waals surface area contributed by atoms with Gasteiger partial charge in [-0.3, -0.25) is 0 Å². The molecule has 1 nitrogen and oxygen atoms in total. The van der Waals surface area contributed by atoms with Crippen LogP contribution < -0.4 is 5.32 Å². The van der Waals surface area contributed by atoms with E-state index in [4.69, 9.17) is 0 Å². The lowest BCUT2D eigenvalue weighted by Gasteiger charge is -2.29. The molecule has 1 aliphatic rings. The zero-order chi connectivity index (χ0) is 12.1. The monoisotopic (exact) mass is 295 g/mol. The first kappa shape index (κ1) is 13.1. The summed E-state index contributed by atoms with van der Waals surface area (Å²) >= 11 is 3.63. The smallest absolute Gasteiger partial charge is 0.0207 e. The molecule has 1 aromatic rings. The van der Waals surface area contributed by atoms with Gasteiger partial charge in [-0.15, -0.1) is 0 Å². The van der Waals surface area contributed by atoms with Gasteiger partial charge in [0.1, 0.15) is 0 Å². The van der Waals surface area contributed by atoms with Gasteiger partial charge in [0.05, 0.1) is 0 Å². The summed E-state index contributed by atoms with van der Waals surface area (Å²) in [4.78, 5) is 0. The number of rotatable bonds is 4. The minimum Gasteiger partial charge on any atom is -0.314 e. The van der Waals surface area contributed by atoms with Crippen LogP contribution in [0, 0.1) is 5.92 Å². The van der Waals surface area contributed by atoms with Crippen molar-refractivity contribution in [2.24, 2.45) is 5.92 Å². The highest BCUT2D eigenvalue weighted by atomic mass is 79.9. The lowest BCUT2D eigenvalue weighted by Crippen LogP contribution is -2.38. The number of benzene rings is 1.